The van der Waals surface area contributed by atoms with Gasteiger partial charge in [-0.15, -0.1) is 11.8 Å². The first-order chi connectivity index (χ1) is 10.1. The van der Waals surface area contributed by atoms with Crippen LogP contribution in [0.1, 0.15) is 5.56 Å². The van der Waals surface area contributed by atoms with Crippen molar-refractivity contribution in [3.05, 3.63) is 63.9 Å². The number of halogens is 3. The molecule has 0 aliphatic heterocycles. The second-order valence-corrected chi connectivity index (χ2v) is 6.61. The number of thioether (sulfide) groups is 1. The van der Waals surface area contributed by atoms with Crippen LogP contribution in [0.5, 0.6) is 0 Å². The number of benzene rings is 2. The second kappa shape index (κ2) is 8.04. The van der Waals surface area contributed by atoms with Crippen LogP contribution in [0, 0.1) is 5.82 Å². The van der Waals surface area contributed by atoms with E-state index in [9.17, 15) is 4.39 Å². The average Bonchev–Trinajstić information content (AvgIpc) is 2.47. The zero-order chi connectivity index (χ0) is 15.2. The Kier molecular flexibility index (Phi) is 6.37. The molecule has 1 unspecified atom stereocenters. The highest BCUT2D eigenvalue weighted by Crippen LogP contribution is 2.24. The number of hydrogen-bond acceptors (Lipinski definition) is 2. The predicted octanol–water partition coefficient (Wildman–Crippen LogP) is 5.06. The van der Waals surface area contributed by atoms with Crippen LogP contribution in [0.25, 0.3) is 0 Å². The van der Waals surface area contributed by atoms with E-state index in [4.69, 9.17) is 23.2 Å². The number of hydrogen-bond donors (Lipinski definition) is 1. The standard InChI is InChI=1S/C16H16Cl2FNS/c1-20-13(7-11-5-6-15(17)16(18)8-11)10-21-14-4-2-3-12(19)9-14/h2-6,8-9,13,20H,7,10H2,1H3. The van der Waals surface area contributed by atoms with Crippen molar-refractivity contribution in [1.82, 2.24) is 5.32 Å². The number of nitrogens with one attached hydrogen (secondary N) is 1. The molecule has 2 aromatic carbocycles. The molecule has 21 heavy (non-hydrogen) atoms. The van der Waals surface area contributed by atoms with Crippen LogP contribution >= 0.6 is 35.0 Å². The lowest BCUT2D eigenvalue weighted by atomic mass is 10.1. The molecule has 2 rings (SSSR count). The smallest absolute Gasteiger partial charge is 0.124 e. The van der Waals surface area contributed by atoms with E-state index in [1.165, 1.54) is 6.07 Å². The molecule has 0 fully saturated rings. The fraction of sp³-hybridized carbons (Fsp3) is 0.250. The molecule has 0 saturated heterocycles. The first kappa shape index (κ1) is 16.6. The Bertz CT molecular complexity index is 607. The van der Waals surface area contributed by atoms with Crippen molar-refractivity contribution in [2.75, 3.05) is 12.8 Å². The van der Waals surface area contributed by atoms with Gasteiger partial charge in [0.05, 0.1) is 10.0 Å². The maximum atomic E-state index is 13.1. The fourth-order valence-corrected chi connectivity index (χ4v) is 3.32. The third kappa shape index (κ3) is 5.19. The second-order valence-electron chi connectivity index (χ2n) is 4.71. The van der Waals surface area contributed by atoms with Gasteiger partial charge in [-0.1, -0.05) is 35.3 Å². The molecule has 0 aliphatic carbocycles. The third-order valence-electron chi connectivity index (χ3n) is 3.12. The van der Waals surface area contributed by atoms with Crippen molar-refractivity contribution in [2.24, 2.45) is 0 Å². The van der Waals surface area contributed by atoms with Gasteiger partial charge in [0.15, 0.2) is 0 Å². The molecule has 0 heterocycles. The quantitative estimate of drug-likeness (QED) is 0.736. The summed E-state index contributed by atoms with van der Waals surface area (Å²) in [5, 5.41) is 4.42. The Balaban J connectivity index is 1.95. The summed E-state index contributed by atoms with van der Waals surface area (Å²) in [6.07, 6.45) is 0.843. The van der Waals surface area contributed by atoms with Crippen molar-refractivity contribution < 1.29 is 4.39 Å². The average molecular weight is 344 g/mol. The van der Waals surface area contributed by atoms with Gasteiger partial charge >= 0.3 is 0 Å². The summed E-state index contributed by atoms with van der Waals surface area (Å²) in [6.45, 7) is 0. The fourth-order valence-electron chi connectivity index (χ4n) is 1.95. The van der Waals surface area contributed by atoms with Gasteiger partial charge in [-0.2, -0.15) is 0 Å². The maximum absolute atomic E-state index is 13.1. The number of rotatable bonds is 6. The van der Waals surface area contributed by atoms with E-state index >= 15 is 0 Å². The molecule has 0 spiro atoms. The predicted molar refractivity (Wildman–Crippen MR) is 90.1 cm³/mol. The first-order valence-corrected chi connectivity index (χ1v) is 8.32. The Hall–Kier alpha value is -0.740. The van der Waals surface area contributed by atoms with Crippen LogP contribution in [0.4, 0.5) is 4.39 Å². The topological polar surface area (TPSA) is 12.0 Å². The van der Waals surface area contributed by atoms with Crippen LogP contribution in [0.15, 0.2) is 47.4 Å². The van der Waals surface area contributed by atoms with Crippen LogP contribution in [0.2, 0.25) is 10.0 Å². The van der Waals surface area contributed by atoms with Crippen LogP contribution in [-0.2, 0) is 6.42 Å². The molecule has 1 atom stereocenters. The van der Waals surface area contributed by atoms with Gasteiger partial charge in [0.25, 0.3) is 0 Å². The maximum Gasteiger partial charge on any atom is 0.124 e. The third-order valence-corrected chi connectivity index (χ3v) is 5.02. The molecule has 0 saturated carbocycles. The Morgan fingerprint density at radius 2 is 1.95 bits per heavy atom. The van der Waals surface area contributed by atoms with E-state index in [1.807, 2.05) is 31.3 Å². The van der Waals surface area contributed by atoms with Gasteiger partial charge in [-0.3, -0.25) is 0 Å². The molecule has 0 bridgehead atoms. The number of likely N-dealkylation sites (N-methyl/N-ethyl adjacent to an activating group) is 1. The van der Waals surface area contributed by atoms with E-state index < -0.39 is 0 Å². The first-order valence-electron chi connectivity index (χ1n) is 6.58. The van der Waals surface area contributed by atoms with Gasteiger partial charge in [-0.25, -0.2) is 4.39 Å². The molecule has 1 N–H and O–H groups in total. The Morgan fingerprint density at radius 1 is 1.14 bits per heavy atom. The van der Waals surface area contributed by atoms with Crippen LogP contribution in [0.3, 0.4) is 0 Å². The summed E-state index contributed by atoms with van der Waals surface area (Å²) in [7, 11) is 1.92. The lowest BCUT2D eigenvalue weighted by Gasteiger charge is -2.16. The van der Waals surface area contributed by atoms with E-state index in [1.54, 1.807) is 23.9 Å². The van der Waals surface area contributed by atoms with E-state index in [0.29, 0.717) is 10.0 Å². The monoisotopic (exact) mass is 343 g/mol. The Morgan fingerprint density at radius 3 is 2.62 bits per heavy atom. The molecule has 2 aromatic rings. The van der Waals surface area contributed by atoms with Crippen molar-refractivity contribution in [3.8, 4) is 0 Å². The summed E-state index contributed by atoms with van der Waals surface area (Å²) in [5.74, 6) is 0.644. The Labute approximate surface area is 138 Å². The van der Waals surface area contributed by atoms with Crippen LogP contribution < -0.4 is 5.32 Å². The van der Waals surface area contributed by atoms with Crippen LogP contribution in [-0.4, -0.2) is 18.8 Å². The van der Waals surface area contributed by atoms with Gasteiger partial charge in [-0.05, 0) is 49.4 Å². The molecule has 112 valence electrons. The lowest BCUT2D eigenvalue weighted by molar-refractivity contribution is 0.615. The summed E-state index contributed by atoms with van der Waals surface area (Å²) >= 11 is 13.6. The molecule has 0 aromatic heterocycles. The van der Waals surface area contributed by atoms with Crippen molar-refractivity contribution in [2.45, 2.75) is 17.4 Å². The SMILES string of the molecule is CNC(CSc1cccc(F)c1)Cc1ccc(Cl)c(Cl)c1. The van der Waals surface area contributed by atoms with E-state index in [2.05, 4.69) is 5.32 Å². The van der Waals surface area contributed by atoms with E-state index in [-0.39, 0.29) is 11.9 Å². The minimum absolute atomic E-state index is 0.203. The largest absolute Gasteiger partial charge is 0.316 e. The molecule has 0 amide bonds. The van der Waals surface area contributed by atoms with Crippen molar-refractivity contribution >= 4 is 35.0 Å². The summed E-state index contributed by atoms with van der Waals surface area (Å²) < 4.78 is 13.1. The molecule has 5 heteroatoms. The molecule has 1 nitrogen and oxygen atoms in total. The zero-order valence-electron chi connectivity index (χ0n) is 11.6. The van der Waals surface area contributed by atoms with E-state index in [0.717, 1.165) is 22.6 Å². The normalized spacial score (nSPS) is 12.4. The highest BCUT2D eigenvalue weighted by Gasteiger charge is 2.10. The van der Waals surface area contributed by atoms with Crippen molar-refractivity contribution in [3.63, 3.8) is 0 Å². The molecule has 0 aliphatic rings. The van der Waals surface area contributed by atoms with Gasteiger partial charge in [0.2, 0.25) is 0 Å². The molecular formula is C16H16Cl2FNS. The highest BCUT2D eigenvalue weighted by atomic mass is 35.5. The van der Waals surface area contributed by atoms with Crippen molar-refractivity contribution in [1.29, 1.82) is 0 Å². The van der Waals surface area contributed by atoms with Gasteiger partial charge < -0.3 is 5.32 Å². The summed E-state index contributed by atoms with van der Waals surface area (Å²) in [5.41, 5.74) is 1.13. The van der Waals surface area contributed by atoms with Gasteiger partial charge in [0, 0.05) is 16.7 Å². The minimum atomic E-state index is -0.203. The zero-order valence-corrected chi connectivity index (χ0v) is 13.9. The minimum Gasteiger partial charge on any atom is -0.316 e. The molecule has 0 radical (unpaired) electrons. The molecular weight excluding hydrogens is 328 g/mol. The summed E-state index contributed by atoms with van der Waals surface area (Å²) in [4.78, 5) is 0.935. The van der Waals surface area contributed by atoms with Gasteiger partial charge in [0.1, 0.15) is 5.82 Å². The lowest BCUT2D eigenvalue weighted by Crippen LogP contribution is -2.30. The summed E-state index contributed by atoms with van der Waals surface area (Å²) in [6, 6.07) is 12.6. The highest BCUT2D eigenvalue weighted by molar-refractivity contribution is 7.99.